The highest BCUT2D eigenvalue weighted by Gasteiger charge is 2.24. The molecule has 9 heteroatoms. The van der Waals surface area contributed by atoms with Crippen molar-refractivity contribution in [2.24, 2.45) is 0 Å². The Kier molecular flexibility index (Phi) is 6.41. The molecule has 0 atom stereocenters. The fourth-order valence-corrected chi connectivity index (χ4v) is 4.17. The number of rotatable bonds is 6. The maximum atomic E-state index is 14.0. The van der Waals surface area contributed by atoms with E-state index in [2.05, 4.69) is 9.36 Å². The second-order valence-electron chi connectivity index (χ2n) is 7.47. The standard InChI is InChI=1S/C22H23F2N5OS/c1-27(22-25-20(26-31-22)14-16-6-8-17(23)9-7-16)15-21(30)29-12-10-28(11-13-29)19-5-3-2-4-18(19)24/h2-9H,10-15H2,1H3. The van der Waals surface area contributed by atoms with Gasteiger partial charge in [-0.3, -0.25) is 4.79 Å². The lowest BCUT2D eigenvalue weighted by molar-refractivity contribution is -0.129. The molecule has 3 aromatic rings. The van der Waals surface area contributed by atoms with Crippen molar-refractivity contribution in [3.63, 3.8) is 0 Å². The van der Waals surface area contributed by atoms with E-state index in [-0.39, 0.29) is 24.1 Å². The van der Waals surface area contributed by atoms with E-state index in [0.717, 1.165) is 5.56 Å². The fraction of sp³-hybridized carbons (Fsp3) is 0.318. The number of anilines is 2. The first-order chi connectivity index (χ1) is 15.0. The van der Waals surface area contributed by atoms with Gasteiger partial charge in [0.15, 0.2) is 0 Å². The predicted octanol–water partition coefficient (Wildman–Crippen LogP) is 3.19. The summed E-state index contributed by atoms with van der Waals surface area (Å²) >= 11 is 1.24. The van der Waals surface area contributed by atoms with Gasteiger partial charge in [0, 0.05) is 51.2 Å². The van der Waals surface area contributed by atoms with E-state index < -0.39 is 0 Å². The molecule has 162 valence electrons. The van der Waals surface area contributed by atoms with E-state index in [1.807, 2.05) is 18.0 Å². The molecule has 2 aromatic carbocycles. The van der Waals surface area contributed by atoms with Gasteiger partial charge in [0.05, 0.1) is 12.2 Å². The molecule has 0 bridgehead atoms. The third-order valence-electron chi connectivity index (χ3n) is 5.26. The molecule has 0 saturated carbocycles. The minimum atomic E-state index is -0.274. The van der Waals surface area contributed by atoms with E-state index in [1.165, 1.54) is 29.7 Å². The lowest BCUT2D eigenvalue weighted by atomic mass is 10.1. The number of piperazine rings is 1. The second kappa shape index (κ2) is 9.38. The van der Waals surface area contributed by atoms with Crippen LogP contribution >= 0.6 is 11.5 Å². The number of amides is 1. The average Bonchev–Trinajstić information content (AvgIpc) is 3.24. The molecule has 0 aliphatic carbocycles. The van der Waals surface area contributed by atoms with Crippen LogP contribution in [0, 0.1) is 11.6 Å². The number of hydrogen-bond acceptors (Lipinski definition) is 6. The Morgan fingerprint density at radius 3 is 2.48 bits per heavy atom. The summed E-state index contributed by atoms with van der Waals surface area (Å²) in [5.74, 6) is 0.133. The van der Waals surface area contributed by atoms with Gasteiger partial charge >= 0.3 is 0 Å². The summed E-state index contributed by atoms with van der Waals surface area (Å²) in [6.45, 7) is 2.48. The van der Waals surface area contributed by atoms with Crippen molar-refractivity contribution >= 4 is 28.3 Å². The highest BCUT2D eigenvalue weighted by atomic mass is 32.1. The SMILES string of the molecule is CN(CC(=O)N1CCN(c2ccccc2F)CC1)c1nc(Cc2ccc(F)cc2)ns1. The van der Waals surface area contributed by atoms with Gasteiger partial charge in [0.25, 0.3) is 0 Å². The molecule has 0 spiro atoms. The minimum Gasteiger partial charge on any atom is -0.366 e. The van der Waals surface area contributed by atoms with Gasteiger partial charge in [-0.25, -0.2) is 13.8 Å². The Labute approximate surface area is 183 Å². The van der Waals surface area contributed by atoms with Crippen molar-refractivity contribution in [1.29, 1.82) is 0 Å². The zero-order chi connectivity index (χ0) is 21.8. The lowest BCUT2D eigenvalue weighted by Crippen LogP contribution is -2.51. The van der Waals surface area contributed by atoms with Crippen molar-refractivity contribution in [3.8, 4) is 0 Å². The zero-order valence-electron chi connectivity index (χ0n) is 17.2. The molecular formula is C22H23F2N5OS. The van der Waals surface area contributed by atoms with Crippen LogP contribution in [0.1, 0.15) is 11.4 Å². The molecule has 6 nitrogen and oxygen atoms in total. The summed E-state index contributed by atoms with van der Waals surface area (Å²) in [7, 11) is 1.82. The molecule has 0 N–H and O–H groups in total. The first-order valence-corrected chi connectivity index (χ1v) is 10.8. The number of benzene rings is 2. The second-order valence-corrected chi connectivity index (χ2v) is 8.20. The minimum absolute atomic E-state index is 0.00553. The summed E-state index contributed by atoms with van der Waals surface area (Å²) in [5, 5.41) is 0.662. The quantitative estimate of drug-likeness (QED) is 0.586. The zero-order valence-corrected chi connectivity index (χ0v) is 18.0. The van der Waals surface area contributed by atoms with Crippen LogP contribution in [-0.4, -0.2) is 59.9 Å². The van der Waals surface area contributed by atoms with Crippen LogP contribution in [0.3, 0.4) is 0 Å². The van der Waals surface area contributed by atoms with E-state index in [9.17, 15) is 13.6 Å². The third kappa shape index (κ3) is 5.16. The molecule has 1 fully saturated rings. The van der Waals surface area contributed by atoms with Gasteiger partial charge in [-0.15, -0.1) is 0 Å². The van der Waals surface area contributed by atoms with Gasteiger partial charge < -0.3 is 14.7 Å². The summed E-state index contributed by atoms with van der Waals surface area (Å²) < 4.78 is 31.4. The summed E-state index contributed by atoms with van der Waals surface area (Å²) in [4.78, 5) is 22.8. The molecule has 4 rings (SSSR count). The molecule has 1 saturated heterocycles. The molecule has 1 aliphatic rings. The first kappa shape index (κ1) is 21.2. The highest BCUT2D eigenvalue weighted by molar-refractivity contribution is 7.09. The normalized spacial score (nSPS) is 14.0. The summed E-state index contributed by atoms with van der Waals surface area (Å²) in [5.41, 5.74) is 1.51. The van der Waals surface area contributed by atoms with Crippen LogP contribution in [0.2, 0.25) is 0 Å². The van der Waals surface area contributed by atoms with Crippen LogP contribution < -0.4 is 9.80 Å². The van der Waals surface area contributed by atoms with Crippen molar-refractivity contribution in [1.82, 2.24) is 14.3 Å². The molecule has 1 aromatic heterocycles. The van der Waals surface area contributed by atoms with Crippen LogP contribution in [0.5, 0.6) is 0 Å². The maximum Gasteiger partial charge on any atom is 0.242 e. The monoisotopic (exact) mass is 443 g/mol. The number of hydrogen-bond donors (Lipinski definition) is 0. The predicted molar refractivity (Wildman–Crippen MR) is 118 cm³/mol. The van der Waals surface area contributed by atoms with E-state index in [4.69, 9.17) is 0 Å². The Morgan fingerprint density at radius 1 is 1.06 bits per heavy atom. The van der Waals surface area contributed by atoms with E-state index in [0.29, 0.717) is 49.2 Å². The highest BCUT2D eigenvalue weighted by Crippen LogP contribution is 2.21. The molecule has 1 amide bonds. The Balaban J connectivity index is 1.29. The van der Waals surface area contributed by atoms with Crippen LogP contribution in [0.4, 0.5) is 19.6 Å². The Bertz CT molecular complexity index is 1030. The van der Waals surface area contributed by atoms with Crippen molar-refractivity contribution in [2.45, 2.75) is 6.42 Å². The molecule has 1 aliphatic heterocycles. The van der Waals surface area contributed by atoms with Crippen LogP contribution in [0.15, 0.2) is 48.5 Å². The summed E-state index contributed by atoms with van der Waals surface area (Å²) in [6.07, 6.45) is 0.510. The largest absolute Gasteiger partial charge is 0.366 e. The van der Waals surface area contributed by atoms with Gasteiger partial charge in [0.1, 0.15) is 17.5 Å². The smallest absolute Gasteiger partial charge is 0.242 e. The van der Waals surface area contributed by atoms with Gasteiger partial charge in [0.2, 0.25) is 11.0 Å². The molecule has 0 radical (unpaired) electrons. The fourth-order valence-electron chi connectivity index (χ4n) is 3.53. The van der Waals surface area contributed by atoms with E-state index >= 15 is 0 Å². The van der Waals surface area contributed by atoms with Crippen molar-refractivity contribution < 1.29 is 13.6 Å². The van der Waals surface area contributed by atoms with E-state index in [1.54, 1.807) is 34.1 Å². The number of likely N-dealkylation sites (N-methyl/N-ethyl adjacent to an activating group) is 1. The maximum absolute atomic E-state index is 14.0. The van der Waals surface area contributed by atoms with Gasteiger partial charge in [-0.2, -0.15) is 4.37 Å². The van der Waals surface area contributed by atoms with Crippen LogP contribution in [-0.2, 0) is 11.2 Å². The number of halogens is 2. The third-order valence-corrected chi connectivity index (χ3v) is 6.13. The number of nitrogens with zero attached hydrogens (tertiary/aromatic N) is 5. The number of aromatic nitrogens is 2. The average molecular weight is 444 g/mol. The first-order valence-electron chi connectivity index (χ1n) is 10.0. The number of carbonyl (C=O) groups is 1. The number of carbonyl (C=O) groups excluding carboxylic acids is 1. The Morgan fingerprint density at radius 2 is 1.77 bits per heavy atom. The number of para-hydroxylation sites is 1. The summed E-state index contributed by atoms with van der Waals surface area (Å²) in [6, 6.07) is 13.0. The molecule has 0 unspecified atom stereocenters. The van der Waals surface area contributed by atoms with Gasteiger partial charge in [-0.05, 0) is 29.8 Å². The molecule has 2 heterocycles. The van der Waals surface area contributed by atoms with Crippen LogP contribution in [0.25, 0.3) is 0 Å². The van der Waals surface area contributed by atoms with Crippen molar-refractivity contribution in [3.05, 3.63) is 71.6 Å². The molecular weight excluding hydrogens is 420 g/mol. The Hall–Kier alpha value is -3.07. The molecule has 31 heavy (non-hydrogen) atoms. The van der Waals surface area contributed by atoms with Gasteiger partial charge in [-0.1, -0.05) is 24.3 Å². The topological polar surface area (TPSA) is 52.6 Å². The lowest BCUT2D eigenvalue weighted by Gasteiger charge is -2.36. The van der Waals surface area contributed by atoms with Crippen molar-refractivity contribution in [2.75, 3.05) is 49.6 Å².